The minimum absolute atomic E-state index is 0.00329. The summed E-state index contributed by atoms with van der Waals surface area (Å²) in [5.74, 6) is -0.814. The molecule has 0 fully saturated rings. The molecule has 0 bridgehead atoms. The van der Waals surface area contributed by atoms with Gasteiger partial charge in [-0.15, -0.1) is 0 Å². The number of aromatic nitrogens is 3. The number of carbonyl (C=O) groups is 1. The number of nitrogens with one attached hydrogen (secondary N) is 1. The van der Waals surface area contributed by atoms with Crippen LogP contribution in [0.3, 0.4) is 0 Å². The van der Waals surface area contributed by atoms with E-state index in [4.69, 9.17) is 4.74 Å². The van der Waals surface area contributed by atoms with Crippen LogP contribution in [-0.2, 0) is 4.79 Å². The molecule has 4 aromatic rings. The van der Waals surface area contributed by atoms with Crippen molar-refractivity contribution in [1.29, 1.82) is 0 Å². The maximum absolute atomic E-state index is 13.9. The molecular weight excluding hydrogens is 428 g/mol. The van der Waals surface area contributed by atoms with Crippen LogP contribution in [0.1, 0.15) is 0 Å². The second kappa shape index (κ2) is 9.15. The van der Waals surface area contributed by atoms with Crippen molar-refractivity contribution >= 4 is 22.6 Å². The van der Waals surface area contributed by atoms with Gasteiger partial charge in [0, 0.05) is 37.4 Å². The van der Waals surface area contributed by atoms with Crippen molar-refractivity contribution in [2.45, 2.75) is 0 Å². The Hall–Kier alpha value is -4.14. The number of pyridine rings is 1. The van der Waals surface area contributed by atoms with E-state index < -0.39 is 11.6 Å². The number of likely N-dealkylation sites (N-methyl/N-ethyl adjacent to an activating group) is 1. The first kappa shape index (κ1) is 22.1. The van der Waals surface area contributed by atoms with E-state index in [0.717, 1.165) is 12.1 Å². The average Bonchev–Trinajstić information content (AvgIpc) is 2.83. The van der Waals surface area contributed by atoms with Gasteiger partial charge in [0.2, 0.25) is 5.91 Å². The maximum Gasteiger partial charge on any atom is 0.241 e. The summed E-state index contributed by atoms with van der Waals surface area (Å²) in [6.45, 7) is 0.00329. The van der Waals surface area contributed by atoms with Gasteiger partial charge in [0.25, 0.3) is 0 Å². The van der Waals surface area contributed by atoms with Crippen LogP contribution >= 0.6 is 0 Å². The van der Waals surface area contributed by atoms with E-state index in [1.807, 2.05) is 6.07 Å². The van der Waals surface area contributed by atoms with Gasteiger partial charge in [0.15, 0.2) is 17.5 Å². The summed E-state index contributed by atoms with van der Waals surface area (Å²) in [5.41, 5.74) is 2.23. The molecule has 2 aromatic heterocycles. The predicted octanol–water partition coefficient (Wildman–Crippen LogP) is 4.15. The first-order chi connectivity index (χ1) is 15.9. The second-order valence-electron chi connectivity index (χ2n) is 7.48. The summed E-state index contributed by atoms with van der Waals surface area (Å²) < 4.78 is 32.9. The number of anilines is 1. The number of hydrogen-bond donors (Lipinski definition) is 1. The van der Waals surface area contributed by atoms with Crippen molar-refractivity contribution in [3.05, 3.63) is 66.5 Å². The average molecular weight is 449 g/mol. The first-order valence-electron chi connectivity index (χ1n) is 10.1. The number of benzene rings is 2. The zero-order valence-corrected chi connectivity index (χ0v) is 18.3. The largest absolute Gasteiger partial charge is 0.494 e. The monoisotopic (exact) mass is 449 g/mol. The molecule has 33 heavy (non-hydrogen) atoms. The smallest absolute Gasteiger partial charge is 0.241 e. The fourth-order valence-corrected chi connectivity index (χ4v) is 3.28. The van der Waals surface area contributed by atoms with Gasteiger partial charge in [0.1, 0.15) is 17.1 Å². The van der Waals surface area contributed by atoms with Crippen LogP contribution in [0.4, 0.5) is 14.6 Å². The minimum atomic E-state index is -0.954. The molecule has 1 N–H and O–H groups in total. The molecular formula is C24H21F2N5O2. The van der Waals surface area contributed by atoms with Crippen molar-refractivity contribution in [3.63, 3.8) is 0 Å². The SMILES string of the molecule is COc1cc(-c2ccc(F)c(F)c2)cc2c(NCC(=O)N(C)C)nc(-c3cccnc3)nc12. The van der Waals surface area contributed by atoms with E-state index in [0.29, 0.717) is 45.0 Å². The molecule has 0 aliphatic heterocycles. The summed E-state index contributed by atoms with van der Waals surface area (Å²) >= 11 is 0. The van der Waals surface area contributed by atoms with E-state index in [1.165, 1.54) is 18.1 Å². The molecule has 0 saturated carbocycles. The molecule has 0 unspecified atom stereocenters. The molecule has 4 rings (SSSR count). The number of methoxy groups -OCH3 is 1. The van der Waals surface area contributed by atoms with Crippen molar-refractivity contribution in [1.82, 2.24) is 19.9 Å². The quantitative estimate of drug-likeness (QED) is 0.477. The van der Waals surface area contributed by atoms with Gasteiger partial charge in [-0.05, 0) is 47.5 Å². The van der Waals surface area contributed by atoms with Gasteiger partial charge in [-0.25, -0.2) is 18.7 Å². The lowest BCUT2D eigenvalue weighted by Gasteiger charge is -2.16. The topological polar surface area (TPSA) is 80.2 Å². The molecule has 0 aliphatic carbocycles. The van der Waals surface area contributed by atoms with Crippen molar-refractivity contribution in [2.75, 3.05) is 33.1 Å². The highest BCUT2D eigenvalue weighted by atomic mass is 19.2. The summed E-state index contributed by atoms with van der Waals surface area (Å²) in [7, 11) is 4.82. The minimum Gasteiger partial charge on any atom is -0.494 e. The Morgan fingerprint density at radius 3 is 2.52 bits per heavy atom. The molecule has 2 heterocycles. The lowest BCUT2D eigenvalue weighted by molar-refractivity contribution is -0.126. The number of ether oxygens (including phenoxy) is 1. The second-order valence-corrected chi connectivity index (χ2v) is 7.48. The van der Waals surface area contributed by atoms with Crippen LogP contribution in [0.15, 0.2) is 54.9 Å². The highest BCUT2D eigenvalue weighted by Gasteiger charge is 2.17. The summed E-state index contributed by atoms with van der Waals surface area (Å²) in [4.78, 5) is 27.1. The molecule has 0 aliphatic rings. The Morgan fingerprint density at radius 1 is 1.03 bits per heavy atom. The van der Waals surface area contributed by atoms with Crippen LogP contribution in [0.2, 0.25) is 0 Å². The highest BCUT2D eigenvalue weighted by molar-refractivity contribution is 5.98. The number of fused-ring (bicyclic) bond motifs is 1. The van der Waals surface area contributed by atoms with Gasteiger partial charge >= 0.3 is 0 Å². The van der Waals surface area contributed by atoms with Gasteiger partial charge in [0.05, 0.1) is 13.7 Å². The zero-order chi connectivity index (χ0) is 23.5. The number of carbonyl (C=O) groups excluding carboxylic acids is 1. The molecule has 7 nitrogen and oxygen atoms in total. The van der Waals surface area contributed by atoms with Crippen LogP contribution < -0.4 is 10.1 Å². The van der Waals surface area contributed by atoms with Crippen LogP contribution in [-0.4, -0.2) is 53.5 Å². The standard InChI is InChI=1S/C24H21F2N5O2/c1-31(2)21(32)13-28-24-17-9-16(14-6-7-18(25)19(26)10-14)11-20(33-3)22(17)29-23(30-24)15-5-4-8-27-12-15/h4-12H,13H2,1-3H3,(H,28,29,30). The van der Waals surface area contributed by atoms with Crippen LogP contribution in [0.25, 0.3) is 33.4 Å². The van der Waals surface area contributed by atoms with Gasteiger partial charge in [-0.3, -0.25) is 9.78 Å². The first-order valence-corrected chi connectivity index (χ1v) is 10.1. The fourth-order valence-electron chi connectivity index (χ4n) is 3.28. The van der Waals surface area contributed by atoms with E-state index in [-0.39, 0.29) is 12.5 Å². The molecule has 0 radical (unpaired) electrons. The van der Waals surface area contributed by atoms with Crippen molar-refractivity contribution < 1.29 is 18.3 Å². The van der Waals surface area contributed by atoms with E-state index in [2.05, 4.69) is 20.3 Å². The number of halogens is 2. The lowest BCUT2D eigenvalue weighted by Crippen LogP contribution is -2.28. The Kier molecular flexibility index (Phi) is 6.12. The van der Waals surface area contributed by atoms with Gasteiger partial charge in [-0.1, -0.05) is 6.07 Å². The number of rotatable bonds is 6. The predicted molar refractivity (Wildman–Crippen MR) is 122 cm³/mol. The summed E-state index contributed by atoms with van der Waals surface area (Å²) in [6.07, 6.45) is 3.28. The number of hydrogen-bond acceptors (Lipinski definition) is 6. The maximum atomic E-state index is 13.9. The van der Waals surface area contributed by atoms with Gasteiger partial charge in [-0.2, -0.15) is 0 Å². The Morgan fingerprint density at radius 2 is 1.85 bits per heavy atom. The third kappa shape index (κ3) is 4.57. The lowest BCUT2D eigenvalue weighted by atomic mass is 10.0. The van der Waals surface area contributed by atoms with Crippen LogP contribution in [0.5, 0.6) is 5.75 Å². The molecule has 168 valence electrons. The normalized spacial score (nSPS) is 10.8. The van der Waals surface area contributed by atoms with Crippen molar-refractivity contribution in [2.24, 2.45) is 0 Å². The molecule has 0 spiro atoms. The van der Waals surface area contributed by atoms with Crippen LogP contribution in [0, 0.1) is 11.6 Å². The molecule has 9 heteroatoms. The Balaban J connectivity index is 1.92. The molecule has 0 atom stereocenters. The van der Waals surface area contributed by atoms with Crippen molar-refractivity contribution in [3.8, 4) is 28.3 Å². The molecule has 1 amide bonds. The summed E-state index contributed by atoms with van der Waals surface area (Å²) in [5, 5.41) is 3.64. The van der Waals surface area contributed by atoms with Gasteiger partial charge < -0.3 is 15.0 Å². The number of amides is 1. The Labute approximate surface area is 189 Å². The van der Waals surface area contributed by atoms with E-state index in [9.17, 15) is 13.6 Å². The zero-order valence-electron chi connectivity index (χ0n) is 18.3. The highest BCUT2D eigenvalue weighted by Crippen LogP contribution is 2.36. The third-order valence-corrected chi connectivity index (χ3v) is 5.06. The summed E-state index contributed by atoms with van der Waals surface area (Å²) in [6, 6.07) is 10.7. The molecule has 0 saturated heterocycles. The number of nitrogens with zero attached hydrogens (tertiary/aromatic N) is 4. The Bertz CT molecular complexity index is 1330. The third-order valence-electron chi connectivity index (χ3n) is 5.06. The van der Waals surface area contributed by atoms with E-state index in [1.54, 1.807) is 44.7 Å². The van der Waals surface area contributed by atoms with E-state index >= 15 is 0 Å². The molecule has 2 aromatic carbocycles. The fraction of sp³-hybridized carbons (Fsp3) is 0.167.